The Morgan fingerprint density at radius 1 is 1.30 bits per heavy atom. The molecule has 0 spiro atoms. The van der Waals surface area contributed by atoms with Gasteiger partial charge in [0.05, 0.1) is 0 Å². The van der Waals surface area contributed by atoms with Crippen molar-refractivity contribution in [3.63, 3.8) is 0 Å². The van der Waals surface area contributed by atoms with E-state index in [2.05, 4.69) is 53.5 Å². The van der Waals surface area contributed by atoms with Crippen LogP contribution >= 0.6 is 11.3 Å². The lowest BCUT2D eigenvalue weighted by atomic mass is 9.97. The van der Waals surface area contributed by atoms with Crippen molar-refractivity contribution in [3.8, 4) is 0 Å². The molecule has 1 aliphatic heterocycles. The van der Waals surface area contributed by atoms with Crippen LogP contribution in [-0.2, 0) is 6.42 Å². The summed E-state index contributed by atoms with van der Waals surface area (Å²) in [6, 6.07) is 9.27. The van der Waals surface area contributed by atoms with Gasteiger partial charge in [-0.3, -0.25) is 4.90 Å². The van der Waals surface area contributed by atoms with Crippen molar-refractivity contribution in [2.75, 3.05) is 33.7 Å². The maximum absolute atomic E-state index is 6.52. The molecule has 4 heteroatoms. The predicted octanol–water partition coefficient (Wildman–Crippen LogP) is 2.02. The molecule has 0 bridgehead atoms. The molecule has 1 saturated heterocycles. The van der Waals surface area contributed by atoms with Gasteiger partial charge in [-0.05, 0) is 42.9 Å². The van der Waals surface area contributed by atoms with Gasteiger partial charge in [0, 0.05) is 36.4 Å². The molecule has 3 nitrogen and oxygen atoms in total. The van der Waals surface area contributed by atoms with Crippen molar-refractivity contribution in [2.24, 2.45) is 5.73 Å². The number of hydrogen-bond acceptors (Lipinski definition) is 4. The van der Waals surface area contributed by atoms with Crippen LogP contribution in [0.2, 0.25) is 0 Å². The number of hydrogen-bond donors (Lipinski definition) is 1. The second kappa shape index (κ2) is 5.82. The van der Waals surface area contributed by atoms with Gasteiger partial charge in [-0.1, -0.05) is 18.2 Å². The third kappa shape index (κ3) is 2.74. The average Bonchev–Trinajstić information content (AvgIpc) is 2.85. The first kappa shape index (κ1) is 14.0. The highest BCUT2D eigenvalue weighted by molar-refractivity contribution is 7.17. The van der Waals surface area contributed by atoms with Gasteiger partial charge in [0.2, 0.25) is 0 Å². The maximum Gasteiger partial charge on any atom is 0.0375 e. The first-order valence-electron chi connectivity index (χ1n) is 7.24. The largest absolute Gasteiger partial charge is 0.326 e. The van der Waals surface area contributed by atoms with E-state index in [1.807, 2.05) is 11.3 Å². The Labute approximate surface area is 125 Å². The summed E-state index contributed by atoms with van der Waals surface area (Å²) < 4.78 is 1.36. The molecule has 2 aromatic rings. The highest BCUT2D eigenvalue weighted by Crippen LogP contribution is 2.27. The second-order valence-corrected chi connectivity index (χ2v) is 6.85. The Morgan fingerprint density at radius 2 is 2.10 bits per heavy atom. The molecule has 1 aromatic carbocycles. The Bertz CT molecular complexity index is 580. The average molecular weight is 289 g/mol. The molecule has 1 fully saturated rings. The predicted molar refractivity (Wildman–Crippen MR) is 87.4 cm³/mol. The van der Waals surface area contributed by atoms with E-state index >= 15 is 0 Å². The molecule has 0 radical (unpaired) electrons. The Hall–Kier alpha value is -0.940. The van der Waals surface area contributed by atoms with E-state index in [9.17, 15) is 0 Å². The molecule has 2 unspecified atom stereocenters. The zero-order chi connectivity index (χ0) is 14.1. The van der Waals surface area contributed by atoms with Gasteiger partial charge in [-0.15, -0.1) is 11.3 Å². The molecular weight excluding hydrogens is 266 g/mol. The lowest BCUT2D eigenvalue weighted by Gasteiger charge is -2.40. The summed E-state index contributed by atoms with van der Waals surface area (Å²) in [6.07, 6.45) is 0.965. The van der Waals surface area contributed by atoms with Crippen molar-refractivity contribution in [2.45, 2.75) is 18.5 Å². The summed E-state index contributed by atoms with van der Waals surface area (Å²) in [5, 5.41) is 3.65. The Kier molecular flexibility index (Phi) is 4.08. The zero-order valence-electron chi connectivity index (χ0n) is 12.2. The lowest BCUT2D eigenvalue weighted by Crippen LogP contribution is -2.58. The topological polar surface area (TPSA) is 32.5 Å². The number of piperazine rings is 1. The molecule has 1 aliphatic rings. The molecule has 2 N–H and O–H groups in total. The monoisotopic (exact) mass is 289 g/mol. The van der Waals surface area contributed by atoms with Crippen LogP contribution in [-0.4, -0.2) is 55.6 Å². The van der Waals surface area contributed by atoms with Crippen LogP contribution in [0.4, 0.5) is 0 Å². The summed E-state index contributed by atoms with van der Waals surface area (Å²) in [4.78, 5) is 4.80. The highest BCUT2D eigenvalue weighted by atomic mass is 32.1. The van der Waals surface area contributed by atoms with Gasteiger partial charge in [0.15, 0.2) is 0 Å². The van der Waals surface area contributed by atoms with E-state index in [-0.39, 0.29) is 6.04 Å². The van der Waals surface area contributed by atoms with Crippen LogP contribution in [0.1, 0.15) is 5.56 Å². The van der Waals surface area contributed by atoms with Crippen LogP contribution in [0.5, 0.6) is 0 Å². The smallest absolute Gasteiger partial charge is 0.0375 e. The minimum atomic E-state index is 0.195. The molecule has 0 saturated carbocycles. The normalized spacial score (nSPS) is 23.2. The van der Waals surface area contributed by atoms with Gasteiger partial charge in [0.1, 0.15) is 0 Å². The van der Waals surface area contributed by atoms with Gasteiger partial charge in [0.25, 0.3) is 0 Å². The summed E-state index contributed by atoms with van der Waals surface area (Å²) in [7, 11) is 4.38. The van der Waals surface area contributed by atoms with Crippen molar-refractivity contribution < 1.29 is 0 Å². The SMILES string of the molecule is CN1CCN(C)C(C(N)Cc2csc3ccccc23)C1. The number of thiophene rings is 1. The first-order valence-corrected chi connectivity index (χ1v) is 8.12. The van der Waals surface area contributed by atoms with Gasteiger partial charge in [-0.25, -0.2) is 0 Å². The number of benzene rings is 1. The fourth-order valence-electron chi connectivity index (χ4n) is 3.09. The third-order valence-electron chi connectivity index (χ3n) is 4.41. The maximum atomic E-state index is 6.52. The number of nitrogens with zero attached hydrogens (tertiary/aromatic N) is 2. The van der Waals surface area contributed by atoms with Gasteiger partial charge >= 0.3 is 0 Å². The summed E-state index contributed by atoms with van der Waals surface area (Å²) in [5.74, 6) is 0. The van der Waals surface area contributed by atoms with Crippen LogP contribution in [0.15, 0.2) is 29.6 Å². The van der Waals surface area contributed by atoms with E-state index < -0.39 is 0 Å². The molecule has 2 heterocycles. The molecular formula is C16H23N3S. The highest BCUT2D eigenvalue weighted by Gasteiger charge is 2.28. The van der Waals surface area contributed by atoms with Crippen LogP contribution in [0.3, 0.4) is 0 Å². The minimum absolute atomic E-state index is 0.195. The Morgan fingerprint density at radius 3 is 2.95 bits per heavy atom. The minimum Gasteiger partial charge on any atom is -0.326 e. The Balaban J connectivity index is 1.76. The van der Waals surface area contributed by atoms with E-state index in [0.717, 1.165) is 26.1 Å². The van der Waals surface area contributed by atoms with E-state index in [4.69, 9.17) is 5.73 Å². The standard InChI is InChI=1S/C16H23N3S/c1-18-7-8-19(2)15(10-18)14(17)9-12-11-20-16-6-4-3-5-13(12)16/h3-6,11,14-15H,7-10,17H2,1-2H3. The molecule has 108 valence electrons. The molecule has 0 aliphatic carbocycles. The fraction of sp³-hybridized carbons (Fsp3) is 0.500. The molecule has 3 rings (SSSR count). The second-order valence-electron chi connectivity index (χ2n) is 5.94. The summed E-state index contributed by atoms with van der Waals surface area (Å²) in [5.41, 5.74) is 7.92. The van der Waals surface area contributed by atoms with E-state index in [1.54, 1.807) is 0 Å². The van der Waals surface area contributed by atoms with Crippen molar-refractivity contribution >= 4 is 21.4 Å². The van der Waals surface area contributed by atoms with Crippen LogP contribution in [0.25, 0.3) is 10.1 Å². The molecule has 0 amide bonds. The number of fused-ring (bicyclic) bond motifs is 1. The van der Waals surface area contributed by atoms with E-state index in [0.29, 0.717) is 6.04 Å². The van der Waals surface area contributed by atoms with Crippen molar-refractivity contribution in [1.29, 1.82) is 0 Å². The first-order chi connectivity index (χ1) is 9.65. The lowest BCUT2D eigenvalue weighted by molar-refractivity contribution is 0.0974. The van der Waals surface area contributed by atoms with Crippen molar-refractivity contribution in [1.82, 2.24) is 9.80 Å². The fourth-order valence-corrected chi connectivity index (χ4v) is 4.06. The molecule has 20 heavy (non-hydrogen) atoms. The van der Waals surface area contributed by atoms with E-state index in [1.165, 1.54) is 15.6 Å². The number of nitrogens with two attached hydrogens (primary N) is 1. The quantitative estimate of drug-likeness (QED) is 0.938. The van der Waals surface area contributed by atoms with Gasteiger partial charge < -0.3 is 10.6 Å². The third-order valence-corrected chi connectivity index (χ3v) is 5.42. The summed E-state index contributed by atoms with van der Waals surface area (Å²) >= 11 is 1.82. The summed E-state index contributed by atoms with van der Waals surface area (Å²) in [6.45, 7) is 3.32. The molecule has 2 atom stereocenters. The number of rotatable bonds is 3. The molecule has 1 aromatic heterocycles. The van der Waals surface area contributed by atoms with Gasteiger partial charge in [-0.2, -0.15) is 0 Å². The van der Waals surface area contributed by atoms with Crippen molar-refractivity contribution in [3.05, 3.63) is 35.2 Å². The van der Waals surface area contributed by atoms with Crippen LogP contribution < -0.4 is 5.73 Å². The zero-order valence-corrected chi connectivity index (χ0v) is 13.1. The number of likely N-dealkylation sites (N-methyl/N-ethyl adjacent to an activating group) is 2. The van der Waals surface area contributed by atoms with Crippen LogP contribution in [0, 0.1) is 0 Å².